The van der Waals surface area contributed by atoms with Crippen LogP contribution < -0.4 is 10.1 Å². The van der Waals surface area contributed by atoms with Crippen molar-refractivity contribution in [2.24, 2.45) is 5.41 Å². The predicted octanol–water partition coefficient (Wildman–Crippen LogP) is 5.56. The number of dihydropyridines is 1. The van der Waals surface area contributed by atoms with Crippen molar-refractivity contribution in [2.45, 2.75) is 66.2 Å². The highest BCUT2D eigenvalue weighted by Crippen LogP contribution is 2.36. The number of fused-ring (bicyclic) bond motifs is 1. The average Bonchev–Trinajstić information content (AvgIpc) is 3.03. The second-order valence-electron chi connectivity index (χ2n) is 11.0. The molecule has 3 aromatic rings. The Morgan fingerprint density at radius 3 is 2.56 bits per heavy atom. The highest BCUT2D eigenvalue weighted by molar-refractivity contribution is 5.87. The summed E-state index contributed by atoms with van der Waals surface area (Å²) in [4.78, 5) is 4.37. The zero-order valence-electron chi connectivity index (χ0n) is 21.1. The Labute approximate surface area is 203 Å². The van der Waals surface area contributed by atoms with Gasteiger partial charge in [0.1, 0.15) is 12.4 Å². The minimum Gasteiger partial charge on any atom is -0.487 e. The summed E-state index contributed by atoms with van der Waals surface area (Å²) in [5.74, 6) is 0.832. The topological polar surface area (TPSA) is 59.3 Å². The van der Waals surface area contributed by atoms with Gasteiger partial charge in [0.2, 0.25) is 0 Å². The molecule has 5 nitrogen and oxygen atoms in total. The lowest BCUT2D eigenvalue weighted by molar-refractivity contribution is 0.0787. The molecule has 0 amide bonds. The molecule has 180 valence electrons. The van der Waals surface area contributed by atoms with E-state index in [4.69, 9.17) is 4.74 Å². The van der Waals surface area contributed by atoms with Crippen LogP contribution in [0.1, 0.15) is 51.6 Å². The summed E-state index contributed by atoms with van der Waals surface area (Å²) in [5, 5.41) is 15.5. The van der Waals surface area contributed by atoms with E-state index in [0.717, 1.165) is 31.0 Å². The van der Waals surface area contributed by atoms with E-state index >= 15 is 0 Å². The molecule has 3 heterocycles. The van der Waals surface area contributed by atoms with Gasteiger partial charge in [0.05, 0.1) is 17.8 Å². The summed E-state index contributed by atoms with van der Waals surface area (Å²) in [6.07, 6.45) is 9.64. The van der Waals surface area contributed by atoms with Gasteiger partial charge in [-0.2, -0.15) is 0 Å². The number of aliphatic hydroxyl groups is 1. The molecule has 0 saturated heterocycles. The van der Waals surface area contributed by atoms with Gasteiger partial charge in [-0.05, 0) is 67.7 Å². The van der Waals surface area contributed by atoms with Gasteiger partial charge >= 0.3 is 0 Å². The molecule has 0 bridgehead atoms. The van der Waals surface area contributed by atoms with Crippen LogP contribution in [0, 0.1) is 5.41 Å². The number of rotatable bonds is 8. The molecule has 0 aliphatic carbocycles. The number of pyridine rings is 1. The standard InChI is InChI=1S/C29H37N3O2/c1-28(2,3)17-25-24-16-23(34-20-22-11-7-9-15-31-22)12-13-26(24)32(27(25)18-29(4,5)33)19-21-10-6-8-14-30-21/h6-13,15-16,30,33H,14,17-20H2,1-5H3. The quantitative estimate of drug-likeness (QED) is 0.463. The molecule has 0 atom stereocenters. The highest BCUT2D eigenvalue weighted by Gasteiger charge is 2.26. The third kappa shape index (κ3) is 6.09. The second-order valence-corrected chi connectivity index (χ2v) is 11.0. The monoisotopic (exact) mass is 459 g/mol. The number of benzene rings is 1. The first-order chi connectivity index (χ1) is 16.1. The van der Waals surface area contributed by atoms with E-state index in [-0.39, 0.29) is 5.41 Å². The molecule has 0 fully saturated rings. The van der Waals surface area contributed by atoms with Crippen molar-refractivity contribution < 1.29 is 9.84 Å². The van der Waals surface area contributed by atoms with Gasteiger partial charge in [-0.3, -0.25) is 4.98 Å². The molecule has 4 rings (SSSR count). The van der Waals surface area contributed by atoms with E-state index < -0.39 is 5.60 Å². The molecule has 2 N–H and O–H groups in total. The first kappa shape index (κ1) is 24.1. The maximum atomic E-state index is 10.8. The van der Waals surface area contributed by atoms with E-state index in [1.807, 2.05) is 38.1 Å². The highest BCUT2D eigenvalue weighted by atomic mass is 16.5. The van der Waals surface area contributed by atoms with Crippen molar-refractivity contribution in [3.63, 3.8) is 0 Å². The fraction of sp³-hybridized carbons (Fsp3) is 0.414. The van der Waals surface area contributed by atoms with Crippen LogP contribution in [0.5, 0.6) is 5.75 Å². The van der Waals surface area contributed by atoms with Crippen molar-refractivity contribution in [2.75, 3.05) is 6.54 Å². The SMILES string of the molecule is CC(C)(C)Cc1c(CC(C)(C)O)n(CC2=CC=CCN2)c2ccc(OCc3ccccn3)cc12. The van der Waals surface area contributed by atoms with Crippen LogP contribution in [-0.2, 0) is 26.0 Å². The Bertz CT molecular complexity index is 1190. The first-order valence-electron chi connectivity index (χ1n) is 12.1. The van der Waals surface area contributed by atoms with Crippen molar-refractivity contribution in [1.29, 1.82) is 0 Å². The zero-order valence-corrected chi connectivity index (χ0v) is 21.1. The van der Waals surface area contributed by atoms with E-state index in [0.29, 0.717) is 13.0 Å². The fourth-order valence-electron chi connectivity index (χ4n) is 4.49. The molecule has 1 aromatic carbocycles. The van der Waals surface area contributed by atoms with Crippen LogP contribution in [0.2, 0.25) is 0 Å². The average molecular weight is 460 g/mol. The zero-order chi connectivity index (χ0) is 24.3. The summed E-state index contributed by atoms with van der Waals surface area (Å²) in [7, 11) is 0. The van der Waals surface area contributed by atoms with Crippen molar-refractivity contribution in [1.82, 2.24) is 14.9 Å². The van der Waals surface area contributed by atoms with E-state index in [1.165, 1.54) is 27.9 Å². The maximum absolute atomic E-state index is 10.8. The minimum atomic E-state index is -0.814. The summed E-state index contributed by atoms with van der Waals surface area (Å²) < 4.78 is 8.50. The van der Waals surface area contributed by atoms with Crippen molar-refractivity contribution in [3.05, 3.63) is 83.5 Å². The van der Waals surface area contributed by atoms with Gasteiger partial charge in [0.15, 0.2) is 0 Å². The third-order valence-electron chi connectivity index (χ3n) is 5.89. The van der Waals surface area contributed by atoms with Crippen LogP contribution >= 0.6 is 0 Å². The second kappa shape index (κ2) is 9.67. The van der Waals surface area contributed by atoms with Crippen LogP contribution in [0.4, 0.5) is 0 Å². The van der Waals surface area contributed by atoms with Gasteiger partial charge in [-0.1, -0.05) is 39.0 Å². The molecule has 0 saturated carbocycles. The molecule has 0 radical (unpaired) electrons. The van der Waals surface area contributed by atoms with Crippen LogP contribution in [0.3, 0.4) is 0 Å². The van der Waals surface area contributed by atoms with Crippen molar-refractivity contribution >= 4 is 10.9 Å². The first-order valence-corrected chi connectivity index (χ1v) is 12.1. The van der Waals surface area contributed by atoms with Crippen LogP contribution in [0.25, 0.3) is 10.9 Å². The van der Waals surface area contributed by atoms with Gasteiger partial charge < -0.3 is 19.7 Å². The van der Waals surface area contributed by atoms with E-state index in [1.54, 1.807) is 6.20 Å². The normalized spacial score (nSPS) is 14.2. The lowest BCUT2D eigenvalue weighted by atomic mass is 9.85. The smallest absolute Gasteiger partial charge is 0.130 e. The Morgan fingerprint density at radius 2 is 1.91 bits per heavy atom. The molecular formula is C29H37N3O2. The number of aromatic nitrogens is 2. The molecule has 2 aromatic heterocycles. The van der Waals surface area contributed by atoms with Gasteiger partial charge in [0, 0.05) is 41.5 Å². The Kier molecular flexibility index (Phi) is 6.85. The van der Waals surface area contributed by atoms with Gasteiger partial charge in [-0.25, -0.2) is 0 Å². The lowest BCUT2D eigenvalue weighted by Crippen LogP contribution is -2.27. The molecule has 1 aliphatic rings. The molecule has 1 aliphatic heterocycles. The molecule has 0 unspecified atom stereocenters. The number of nitrogens with zero attached hydrogens (tertiary/aromatic N) is 2. The van der Waals surface area contributed by atoms with Crippen LogP contribution in [-0.4, -0.2) is 26.8 Å². The Balaban J connectivity index is 1.80. The fourth-order valence-corrected chi connectivity index (χ4v) is 4.49. The van der Waals surface area contributed by atoms with E-state index in [2.05, 4.69) is 66.0 Å². The number of nitrogens with one attached hydrogen (secondary N) is 1. The molecule has 0 spiro atoms. The predicted molar refractivity (Wildman–Crippen MR) is 139 cm³/mol. The summed E-state index contributed by atoms with van der Waals surface area (Å²) in [6, 6.07) is 12.2. The van der Waals surface area contributed by atoms with Crippen molar-refractivity contribution in [3.8, 4) is 5.75 Å². The largest absolute Gasteiger partial charge is 0.487 e. The minimum absolute atomic E-state index is 0.101. The maximum Gasteiger partial charge on any atom is 0.130 e. The molecule has 34 heavy (non-hydrogen) atoms. The van der Waals surface area contributed by atoms with E-state index in [9.17, 15) is 5.11 Å². The Hall–Kier alpha value is -3.05. The third-order valence-corrected chi connectivity index (χ3v) is 5.89. The summed E-state index contributed by atoms with van der Waals surface area (Å²) >= 11 is 0. The van der Waals surface area contributed by atoms with Crippen LogP contribution in [0.15, 0.2) is 66.5 Å². The summed E-state index contributed by atoms with van der Waals surface area (Å²) in [5.41, 5.74) is 5.02. The molecular weight excluding hydrogens is 422 g/mol. The Morgan fingerprint density at radius 1 is 1.09 bits per heavy atom. The van der Waals surface area contributed by atoms with Gasteiger partial charge in [-0.15, -0.1) is 0 Å². The lowest BCUT2D eigenvalue weighted by Gasteiger charge is -2.24. The number of hydrogen-bond donors (Lipinski definition) is 2. The number of hydrogen-bond acceptors (Lipinski definition) is 4. The summed E-state index contributed by atoms with van der Waals surface area (Å²) in [6.45, 7) is 12.6. The van der Waals surface area contributed by atoms with Gasteiger partial charge in [0.25, 0.3) is 0 Å². The number of ether oxygens (including phenoxy) is 1. The molecule has 5 heteroatoms. The number of allylic oxidation sites excluding steroid dienone is 3.